The molecular weight excluding hydrogens is 447 g/mol. The molecule has 3 aromatic heterocycles. The summed E-state index contributed by atoms with van der Waals surface area (Å²) in [6.07, 6.45) is -6.51. The van der Waals surface area contributed by atoms with Crippen molar-refractivity contribution in [2.75, 3.05) is 10.6 Å². The number of hydrogen-bond acceptors (Lipinski definition) is 8. The average molecular weight is 464 g/mol. The second-order valence-corrected chi connectivity index (χ2v) is 7.33. The van der Waals surface area contributed by atoms with E-state index < -0.39 is 30.3 Å². The predicted octanol–water partition coefficient (Wildman–Crippen LogP) is 4.61. The summed E-state index contributed by atoms with van der Waals surface area (Å²) in [5.74, 6) is -0.406. The molecule has 3 aromatic rings. The van der Waals surface area contributed by atoms with Crippen molar-refractivity contribution >= 4 is 17.6 Å². The van der Waals surface area contributed by atoms with Gasteiger partial charge in [0.25, 0.3) is 0 Å². The number of anilines is 3. The number of nitrogens with one attached hydrogen (secondary N) is 2. The third kappa shape index (κ3) is 6.52. The molecule has 2 N–H and O–H groups in total. The number of halogens is 5. The van der Waals surface area contributed by atoms with Crippen LogP contribution < -0.4 is 10.6 Å². The van der Waals surface area contributed by atoms with Gasteiger partial charge < -0.3 is 10.6 Å². The number of nitrogens with zero attached hydrogens (tertiary/aromatic N) is 6. The van der Waals surface area contributed by atoms with Crippen LogP contribution in [0, 0.1) is 11.3 Å². The number of rotatable bonds is 7. The monoisotopic (exact) mass is 464 g/mol. The van der Waals surface area contributed by atoms with E-state index in [9.17, 15) is 27.2 Å². The molecule has 3 heterocycles. The first kappa shape index (κ1) is 23.7. The Hall–Kier alpha value is -3.95. The molecule has 33 heavy (non-hydrogen) atoms. The van der Waals surface area contributed by atoms with E-state index >= 15 is 0 Å². The Kier molecular flexibility index (Phi) is 6.66. The van der Waals surface area contributed by atoms with Crippen molar-refractivity contribution in [2.45, 2.75) is 38.4 Å². The standard InChI is InChI=1S/C20H17F5N8/c1-19(2,10-26)33-18-31-16(13-4-3-5-14(29-13)20(23,24)25)30-17(32-18)28-11-6-7-27-12(8-11)9-15(21)22/h3-8,15H,9H2,1-2H3,(H2,27,28,30,31,32,33). The molecule has 0 atom stereocenters. The number of aromatic nitrogens is 5. The molecule has 0 radical (unpaired) electrons. The van der Waals surface area contributed by atoms with E-state index in [1.54, 1.807) is 13.8 Å². The maximum Gasteiger partial charge on any atom is 0.433 e. The fraction of sp³-hybridized carbons (Fsp3) is 0.300. The zero-order valence-corrected chi connectivity index (χ0v) is 17.3. The van der Waals surface area contributed by atoms with Gasteiger partial charge in [-0.15, -0.1) is 0 Å². The zero-order chi connectivity index (χ0) is 24.2. The molecule has 0 saturated heterocycles. The first-order chi connectivity index (χ1) is 15.4. The van der Waals surface area contributed by atoms with Gasteiger partial charge in [0, 0.05) is 17.6 Å². The lowest BCUT2D eigenvalue weighted by molar-refractivity contribution is -0.141. The van der Waals surface area contributed by atoms with E-state index in [0.717, 1.165) is 12.1 Å². The summed E-state index contributed by atoms with van der Waals surface area (Å²) in [5, 5.41) is 14.8. The zero-order valence-electron chi connectivity index (χ0n) is 17.3. The van der Waals surface area contributed by atoms with Crippen LogP contribution in [0.1, 0.15) is 25.2 Å². The normalized spacial score (nSPS) is 11.8. The first-order valence-electron chi connectivity index (χ1n) is 9.45. The maximum atomic E-state index is 13.1. The van der Waals surface area contributed by atoms with Crippen molar-refractivity contribution in [3.63, 3.8) is 0 Å². The lowest BCUT2D eigenvalue weighted by Gasteiger charge is -2.18. The second-order valence-electron chi connectivity index (χ2n) is 7.33. The highest BCUT2D eigenvalue weighted by Crippen LogP contribution is 2.29. The maximum absolute atomic E-state index is 13.1. The number of pyridine rings is 2. The molecule has 0 aliphatic heterocycles. The highest BCUT2D eigenvalue weighted by atomic mass is 19.4. The van der Waals surface area contributed by atoms with Crippen LogP contribution in [0.4, 0.5) is 39.5 Å². The number of alkyl halides is 5. The Bertz CT molecular complexity index is 1170. The van der Waals surface area contributed by atoms with E-state index in [0.29, 0.717) is 5.69 Å². The summed E-state index contributed by atoms with van der Waals surface area (Å²) >= 11 is 0. The molecule has 0 amide bonds. The summed E-state index contributed by atoms with van der Waals surface area (Å²) in [5.41, 5.74) is -1.99. The molecule has 0 saturated carbocycles. The summed E-state index contributed by atoms with van der Waals surface area (Å²) in [7, 11) is 0. The molecular formula is C20H17F5N8. The topological polar surface area (TPSA) is 112 Å². The Labute approximate surface area is 185 Å². The molecule has 0 aromatic carbocycles. The van der Waals surface area contributed by atoms with Crippen LogP contribution in [0.3, 0.4) is 0 Å². The quantitative estimate of drug-likeness (QED) is 0.488. The van der Waals surface area contributed by atoms with Crippen molar-refractivity contribution in [3.05, 3.63) is 47.9 Å². The van der Waals surface area contributed by atoms with Crippen LogP contribution >= 0.6 is 0 Å². The summed E-state index contributed by atoms with van der Waals surface area (Å²) in [6, 6.07) is 8.10. The van der Waals surface area contributed by atoms with Crippen LogP contribution in [0.15, 0.2) is 36.5 Å². The van der Waals surface area contributed by atoms with Crippen molar-refractivity contribution in [3.8, 4) is 17.6 Å². The molecule has 0 fully saturated rings. The molecule has 0 aliphatic rings. The minimum atomic E-state index is -4.67. The third-order valence-electron chi connectivity index (χ3n) is 4.04. The highest BCUT2D eigenvalue weighted by molar-refractivity contribution is 5.59. The molecule has 0 aliphatic carbocycles. The summed E-state index contributed by atoms with van der Waals surface area (Å²) in [4.78, 5) is 19.8. The Morgan fingerprint density at radius 3 is 2.42 bits per heavy atom. The lowest BCUT2D eigenvalue weighted by atomic mass is 10.1. The van der Waals surface area contributed by atoms with E-state index in [2.05, 4.69) is 35.6 Å². The molecule has 3 rings (SSSR count). The molecule has 0 bridgehead atoms. The van der Waals surface area contributed by atoms with Gasteiger partial charge in [-0.2, -0.15) is 33.4 Å². The summed E-state index contributed by atoms with van der Waals surface area (Å²) in [6.45, 7) is 3.09. The van der Waals surface area contributed by atoms with E-state index in [4.69, 9.17) is 0 Å². The highest BCUT2D eigenvalue weighted by Gasteiger charge is 2.32. The largest absolute Gasteiger partial charge is 0.433 e. The van der Waals surface area contributed by atoms with Gasteiger partial charge in [0.05, 0.1) is 12.5 Å². The van der Waals surface area contributed by atoms with Gasteiger partial charge in [-0.05, 0) is 38.1 Å². The van der Waals surface area contributed by atoms with Crippen molar-refractivity contribution < 1.29 is 22.0 Å². The van der Waals surface area contributed by atoms with Crippen molar-refractivity contribution in [1.82, 2.24) is 24.9 Å². The fourth-order valence-electron chi connectivity index (χ4n) is 2.58. The molecule has 0 spiro atoms. The van der Waals surface area contributed by atoms with E-state index in [1.165, 1.54) is 24.4 Å². The van der Waals surface area contributed by atoms with Gasteiger partial charge in [-0.3, -0.25) is 4.98 Å². The van der Waals surface area contributed by atoms with Gasteiger partial charge in [0.1, 0.15) is 16.9 Å². The average Bonchev–Trinajstić information content (AvgIpc) is 2.72. The molecule has 172 valence electrons. The lowest BCUT2D eigenvalue weighted by Crippen LogP contribution is -2.30. The molecule has 8 nitrogen and oxygen atoms in total. The molecule has 13 heteroatoms. The van der Waals surface area contributed by atoms with Gasteiger partial charge >= 0.3 is 6.18 Å². The van der Waals surface area contributed by atoms with Crippen LogP contribution in [0.5, 0.6) is 0 Å². The van der Waals surface area contributed by atoms with Crippen molar-refractivity contribution in [2.24, 2.45) is 0 Å². The number of hydrogen-bond donors (Lipinski definition) is 2. The first-order valence-corrected chi connectivity index (χ1v) is 9.45. The van der Waals surface area contributed by atoms with Gasteiger partial charge in [0.15, 0.2) is 5.82 Å². The minimum absolute atomic E-state index is 0.102. The summed E-state index contributed by atoms with van der Waals surface area (Å²) < 4.78 is 64.6. The number of nitriles is 1. The fourth-order valence-corrected chi connectivity index (χ4v) is 2.58. The second kappa shape index (κ2) is 9.27. The Morgan fingerprint density at radius 1 is 1.03 bits per heavy atom. The van der Waals surface area contributed by atoms with Gasteiger partial charge in [-0.25, -0.2) is 13.8 Å². The van der Waals surface area contributed by atoms with Gasteiger partial charge in [0.2, 0.25) is 18.3 Å². The third-order valence-corrected chi connectivity index (χ3v) is 4.04. The Morgan fingerprint density at radius 2 is 1.76 bits per heavy atom. The van der Waals surface area contributed by atoms with Crippen molar-refractivity contribution in [1.29, 1.82) is 5.26 Å². The SMILES string of the molecule is CC(C)(C#N)Nc1nc(Nc2ccnc(CC(F)F)c2)nc(-c2cccc(C(F)(F)F)n2)n1. The van der Waals surface area contributed by atoms with Crippen LogP contribution in [-0.2, 0) is 12.6 Å². The van der Waals surface area contributed by atoms with Crippen LogP contribution in [-0.4, -0.2) is 36.9 Å². The Balaban J connectivity index is 2.03. The minimum Gasteiger partial charge on any atom is -0.336 e. The van der Waals surface area contributed by atoms with E-state index in [-0.39, 0.29) is 29.1 Å². The smallest absolute Gasteiger partial charge is 0.336 e. The molecule has 0 unspecified atom stereocenters. The van der Waals surface area contributed by atoms with Crippen LogP contribution in [0.2, 0.25) is 0 Å². The van der Waals surface area contributed by atoms with E-state index in [1.807, 2.05) is 6.07 Å². The van der Waals surface area contributed by atoms with Crippen LogP contribution in [0.25, 0.3) is 11.5 Å². The van der Waals surface area contributed by atoms with Gasteiger partial charge in [-0.1, -0.05) is 6.07 Å². The predicted molar refractivity (Wildman–Crippen MR) is 109 cm³/mol.